The first-order chi connectivity index (χ1) is 25.5. The first kappa shape index (κ1) is 41.8. The Balaban J connectivity index is 1.46. The molecule has 5 heterocycles. The molecule has 12 atom stereocenters. The highest BCUT2D eigenvalue weighted by atomic mass is 16.7. The molecule has 0 radical (unpaired) electrons. The van der Waals surface area contributed by atoms with Crippen LogP contribution in [0.3, 0.4) is 0 Å². The monoisotopic (exact) mass is 752 g/mol. The summed E-state index contributed by atoms with van der Waals surface area (Å²) in [5, 5.41) is 0. The van der Waals surface area contributed by atoms with Gasteiger partial charge in [-0.05, 0) is 75.8 Å². The quantitative estimate of drug-likeness (QED) is 0.145. The van der Waals surface area contributed by atoms with Gasteiger partial charge in [0.25, 0.3) is 0 Å². The number of amides is 1. The van der Waals surface area contributed by atoms with Gasteiger partial charge >= 0.3 is 12.1 Å². The minimum absolute atomic E-state index is 0.00373. The van der Waals surface area contributed by atoms with Gasteiger partial charge in [-0.3, -0.25) is 14.4 Å². The van der Waals surface area contributed by atoms with E-state index in [-0.39, 0.29) is 23.6 Å². The van der Waals surface area contributed by atoms with Crippen molar-refractivity contribution in [2.45, 2.75) is 157 Å². The van der Waals surface area contributed by atoms with Crippen LogP contribution in [0.15, 0.2) is 24.7 Å². The molecular weight excluding hydrogens is 688 g/mol. The molecular formula is C42H64N4O8. The van der Waals surface area contributed by atoms with Crippen molar-refractivity contribution in [1.82, 2.24) is 19.4 Å². The number of carbonyl (C=O) groups excluding carboxylic acids is 4. The van der Waals surface area contributed by atoms with Gasteiger partial charge in [0.2, 0.25) is 0 Å². The number of hydrogen-bond acceptors (Lipinski definition) is 10. The summed E-state index contributed by atoms with van der Waals surface area (Å²) in [6, 6.07) is 3.08. The fraction of sp³-hybridized carbons (Fsp3) is 0.762. The number of hydrogen-bond donors (Lipinski definition) is 0. The number of fused-ring (bicyclic) bond motifs is 2. The molecule has 2 aromatic heterocycles. The molecule has 0 saturated carbocycles. The number of unbranched alkanes of at least 4 members (excludes halogenated alkanes) is 1. The second-order valence-corrected chi connectivity index (χ2v) is 17.3. The molecule has 0 N–H and O–H groups in total. The number of aromatic nitrogens is 3. The van der Waals surface area contributed by atoms with Crippen molar-refractivity contribution in [2.75, 3.05) is 6.54 Å². The number of nitrogens with zero attached hydrogens (tertiary/aromatic N) is 4. The standard InChI is InChI=1S/C42H64N4O8/c1-12-32-42(13-2)35(46(40(50)54-42)20-15-14-19-45-23-44-31-17-16-18-43-37(31)45)28(7)33(47)25(4)22-41(10,11)36(29(8)34(48)30(9)38(49)52-32)53-39-27(6)24(3)21-26(5)51-39/h16-18,23-30,32,35-36,39H,12-15,19-22H2,1-11H3/t24-,25+,26+,27+,28-,29-,30+,32+,35+,36+,39?,42+/m0/s1. The molecule has 3 fully saturated rings. The lowest BCUT2D eigenvalue weighted by Crippen LogP contribution is -2.59. The van der Waals surface area contributed by atoms with E-state index in [1.54, 1.807) is 24.3 Å². The molecule has 12 nitrogen and oxygen atoms in total. The zero-order valence-corrected chi connectivity index (χ0v) is 34.4. The lowest BCUT2D eigenvalue weighted by Gasteiger charge is -2.46. The van der Waals surface area contributed by atoms with Gasteiger partial charge < -0.3 is 28.4 Å². The number of imidazole rings is 1. The van der Waals surface area contributed by atoms with Crippen molar-refractivity contribution < 1.29 is 38.1 Å². The lowest BCUT2D eigenvalue weighted by molar-refractivity contribution is -0.267. The van der Waals surface area contributed by atoms with E-state index in [0.717, 1.165) is 24.0 Å². The van der Waals surface area contributed by atoms with Crippen LogP contribution < -0.4 is 0 Å². The number of Topliss-reactive ketones (excluding diaryl/α,β-unsaturated/α-hetero) is 2. The van der Waals surface area contributed by atoms with E-state index in [2.05, 4.69) is 23.8 Å². The summed E-state index contributed by atoms with van der Waals surface area (Å²) in [5.41, 5.74) is -0.339. The molecule has 0 aromatic carbocycles. The average Bonchev–Trinajstić information content (AvgIpc) is 3.68. The topological polar surface area (TPSA) is 139 Å². The van der Waals surface area contributed by atoms with E-state index in [4.69, 9.17) is 18.9 Å². The minimum atomic E-state index is -1.29. The minimum Gasteiger partial charge on any atom is -0.457 e. The summed E-state index contributed by atoms with van der Waals surface area (Å²) in [5.74, 6) is -3.41. The van der Waals surface area contributed by atoms with Gasteiger partial charge in [0.05, 0.1) is 24.6 Å². The van der Waals surface area contributed by atoms with Crippen LogP contribution in [0.25, 0.3) is 11.2 Å². The predicted octanol–water partition coefficient (Wildman–Crippen LogP) is 7.41. The average molecular weight is 753 g/mol. The molecule has 0 spiro atoms. The molecule has 300 valence electrons. The van der Waals surface area contributed by atoms with Crippen LogP contribution in [-0.2, 0) is 39.9 Å². The van der Waals surface area contributed by atoms with Crippen molar-refractivity contribution >= 4 is 34.8 Å². The predicted molar refractivity (Wildman–Crippen MR) is 204 cm³/mol. The molecule has 0 aliphatic carbocycles. The number of pyridine rings is 1. The van der Waals surface area contributed by atoms with Crippen LogP contribution >= 0.6 is 0 Å². The zero-order chi connectivity index (χ0) is 39.7. The third-order valence-corrected chi connectivity index (χ3v) is 12.9. The van der Waals surface area contributed by atoms with Gasteiger partial charge in [-0.2, -0.15) is 0 Å². The maximum absolute atomic E-state index is 14.7. The molecule has 12 heteroatoms. The van der Waals surface area contributed by atoms with E-state index in [0.29, 0.717) is 44.7 Å². The molecule has 0 bridgehead atoms. The first-order valence-corrected chi connectivity index (χ1v) is 20.3. The fourth-order valence-corrected chi connectivity index (χ4v) is 9.71. The van der Waals surface area contributed by atoms with Crippen LogP contribution in [-0.4, -0.2) is 85.9 Å². The summed E-state index contributed by atoms with van der Waals surface area (Å²) in [6.45, 7) is 22.4. The third kappa shape index (κ3) is 8.11. The van der Waals surface area contributed by atoms with Crippen molar-refractivity contribution in [3.63, 3.8) is 0 Å². The molecule has 3 aliphatic rings. The lowest BCUT2D eigenvalue weighted by atomic mass is 9.68. The normalized spacial score (nSPS) is 36.8. The number of esters is 1. The van der Waals surface area contributed by atoms with Gasteiger partial charge in [-0.15, -0.1) is 0 Å². The van der Waals surface area contributed by atoms with Crippen LogP contribution in [0.1, 0.15) is 115 Å². The summed E-state index contributed by atoms with van der Waals surface area (Å²) in [7, 11) is 0. The van der Waals surface area contributed by atoms with E-state index in [1.807, 2.05) is 72.1 Å². The molecule has 3 saturated heterocycles. The SMILES string of the molecule is CC[C@H]1OC(=O)[C@H](C)C(=O)[C@H](C)[C@@H](OC2O[C@H](C)C[C@H](C)[C@H]2C)C(C)(C)C[C@@H](C)C(=O)[C@H](C)[C@H]2N(CCCCn3cnc4cccnc43)C(=O)O[C@]12CC. The highest BCUT2D eigenvalue weighted by Gasteiger charge is 2.61. The number of cyclic esters (lactones) is 1. The summed E-state index contributed by atoms with van der Waals surface area (Å²) >= 11 is 0. The Morgan fingerprint density at radius 3 is 2.31 bits per heavy atom. The molecule has 2 aromatic rings. The van der Waals surface area contributed by atoms with Gasteiger partial charge in [-0.1, -0.05) is 62.3 Å². The summed E-state index contributed by atoms with van der Waals surface area (Å²) in [6.07, 6.45) is 4.28. The van der Waals surface area contributed by atoms with Crippen LogP contribution in [0, 0.1) is 40.9 Å². The number of carbonyl (C=O) groups is 4. The molecule has 3 aliphatic heterocycles. The van der Waals surface area contributed by atoms with Gasteiger partial charge in [0.15, 0.2) is 23.3 Å². The van der Waals surface area contributed by atoms with Gasteiger partial charge in [0.1, 0.15) is 23.3 Å². The Kier molecular flexibility index (Phi) is 13.0. The van der Waals surface area contributed by atoms with E-state index >= 15 is 0 Å². The molecule has 1 amide bonds. The number of aryl methyl sites for hydroxylation is 1. The third-order valence-electron chi connectivity index (χ3n) is 12.9. The van der Waals surface area contributed by atoms with Crippen LogP contribution in [0.5, 0.6) is 0 Å². The second-order valence-electron chi connectivity index (χ2n) is 17.3. The Morgan fingerprint density at radius 2 is 1.63 bits per heavy atom. The largest absolute Gasteiger partial charge is 0.457 e. The van der Waals surface area contributed by atoms with Crippen LogP contribution in [0.4, 0.5) is 4.79 Å². The zero-order valence-electron chi connectivity index (χ0n) is 34.4. The van der Waals surface area contributed by atoms with Crippen molar-refractivity contribution in [1.29, 1.82) is 0 Å². The highest BCUT2D eigenvalue weighted by Crippen LogP contribution is 2.46. The van der Waals surface area contributed by atoms with Crippen molar-refractivity contribution in [3.8, 4) is 0 Å². The summed E-state index contributed by atoms with van der Waals surface area (Å²) in [4.78, 5) is 67.5. The van der Waals surface area contributed by atoms with Crippen LogP contribution in [0.2, 0.25) is 0 Å². The number of ketones is 2. The second kappa shape index (κ2) is 16.8. The van der Waals surface area contributed by atoms with E-state index in [1.165, 1.54) is 0 Å². The highest BCUT2D eigenvalue weighted by molar-refractivity contribution is 6.00. The van der Waals surface area contributed by atoms with E-state index in [9.17, 15) is 19.2 Å². The maximum atomic E-state index is 14.7. The maximum Gasteiger partial charge on any atom is 0.410 e. The van der Waals surface area contributed by atoms with E-state index < -0.39 is 71.3 Å². The van der Waals surface area contributed by atoms with Crippen molar-refractivity contribution in [2.24, 2.45) is 40.9 Å². The Hall–Kier alpha value is -3.38. The molecule has 54 heavy (non-hydrogen) atoms. The van der Waals surface area contributed by atoms with Gasteiger partial charge in [-0.25, -0.2) is 14.8 Å². The first-order valence-electron chi connectivity index (χ1n) is 20.3. The fourth-order valence-electron chi connectivity index (χ4n) is 9.71. The number of ether oxygens (including phenoxy) is 4. The Morgan fingerprint density at radius 1 is 0.926 bits per heavy atom. The Bertz CT molecular complexity index is 1660. The van der Waals surface area contributed by atoms with Crippen molar-refractivity contribution in [3.05, 3.63) is 24.7 Å². The number of rotatable bonds is 9. The molecule has 1 unspecified atom stereocenters. The Labute approximate surface area is 321 Å². The summed E-state index contributed by atoms with van der Waals surface area (Å²) < 4.78 is 27.7. The van der Waals surface area contributed by atoms with Gasteiger partial charge in [0, 0.05) is 43.0 Å². The molecule has 5 rings (SSSR count). The smallest absolute Gasteiger partial charge is 0.410 e.